The summed E-state index contributed by atoms with van der Waals surface area (Å²) < 4.78 is 1.30. The van der Waals surface area contributed by atoms with Gasteiger partial charge in [0.2, 0.25) is 0 Å². The average molecular weight is 141 g/mol. The number of rotatable bonds is 0. The van der Waals surface area contributed by atoms with Crippen LogP contribution in [-0.2, 0) is 0 Å². The minimum absolute atomic E-state index is 1.14. The summed E-state index contributed by atoms with van der Waals surface area (Å²) >= 11 is 3.40. The van der Waals surface area contributed by atoms with E-state index in [1.165, 1.54) is 4.70 Å². The minimum atomic E-state index is 1.14. The second-order valence-electron chi connectivity index (χ2n) is 1.47. The highest BCUT2D eigenvalue weighted by Gasteiger charge is 1.92. The normalized spacial score (nSPS) is 10.5. The molecule has 0 aliphatic heterocycles. The molecule has 2 aromatic heterocycles. The van der Waals surface area contributed by atoms with E-state index < -0.39 is 0 Å². The fraction of sp³-hybridized carbons (Fsp3) is 0. The fourth-order valence-corrected chi connectivity index (χ4v) is 2.21. The van der Waals surface area contributed by atoms with Gasteiger partial charge in [0.15, 0.2) is 0 Å². The first-order valence-electron chi connectivity index (χ1n) is 2.22. The van der Waals surface area contributed by atoms with Crippen molar-refractivity contribution in [3.05, 3.63) is 16.3 Å². The van der Waals surface area contributed by atoms with Crippen LogP contribution in [-0.4, -0.2) is 4.98 Å². The molecule has 0 saturated carbocycles. The highest BCUT2D eigenvalue weighted by atomic mass is 32.1. The van der Waals surface area contributed by atoms with Crippen LogP contribution in [0.4, 0.5) is 0 Å². The van der Waals surface area contributed by atoms with Gasteiger partial charge in [-0.15, -0.1) is 22.7 Å². The first-order chi connectivity index (χ1) is 3.97. The van der Waals surface area contributed by atoms with Gasteiger partial charge in [0, 0.05) is 10.8 Å². The number of thiophene rings is 1. The number of aromatic nitrogens is 1. The van der Waals surface area contributed by atoms with Gasteiger partial charge in [-0.25, -0.2) is 4.98 Å². The SMILES string of the molecule is c1nc2cscc2s1. The summed E-state index contributed by atoms with van der Waals surface area (Å²) in [6, 6.07) is 0. The first-order valence-corrected chi connectivity index (χ1v) is 4.04. The van der Waals surface area contributed by atoms with Gasteiger partial charge in [0.25, 0.3) is 0 Å². The Morgan fingerprint density at radius 2 is 2.38 bits per heavy atom. The van der Waals surface area contributed by atoms with Crippen LogP contribution in [0, 0.1) is 0 Å². The zero-order valence-corrected chi connectivity index (χ0v) is 5.63. The Balaban J connectivity index is 3.06. The third-order valence-electron chi connectivity index (χ3n) is 0.979. The van der Waals surface area contributed by atoms with Gasteiger partial charge in [-0.1, -0.05) is 0 Å². The van der Waals surface area contributed by atoms with Crippen molar-refractivity contribution in [3.8, 4) is 0 Å². The Hall–Kier alpha value is -0.410. The minimum Gasteiger partial charge on any atom is -0.244 e. The molecule has 1 nitrogen and oxygen atoms in total. The van der Waals surface area contributed by atoms with Crippen molar-refractivity contribution in [2.24, 2.45) is 0 Å². The van der Waals surface area contributed by atoms with Crippen molar-refractivity contribution in [3.63, 3.8) is 0 Å². The lowest BCUT2D eigenvalue weighted by atomic mass is 10.6. The standard InChI is InChI=1S/C5H3NS2/c1-4-5(2-7-1)8-3-6-4/h1-3H. The number of thiazole rings is 1. The van der Waals surface area contributed by atoms with Crippen LogP contribution in [0.1, 0.15) is 0 Å². The Kier molecular flexibility index (Phi) is 0.856. The molecular formula is C5H3NS2. The first kappa shape index (κ1) is 4.47. The van der Waals surface area contributed by atoms with E-state index >= 15 is 0 Å². The van der Waals surface area contributed by atoms with Gasteiger partial charge in [0.1, 0.15) is 0 Å². The Morgan fingerprint density at radius 3 is 3.25 bits per heavy atom. The summed E-state index contributed by atoms with van der Waals surface area (Å²) in [4.78, 5) is 4.11. The van der Waals surface area contributed by atoms with Crippen LogP contribution in [0.15, 0.2) is 16.3 Å². The molecule has 0 N–H and O–H groups in total. The van der Waals surface area contributed by atoms with Crippen molar-refractivity contribution in [2.45, 2.75) is 0 Å². The topological polar surface area (TPSA) is 12.9 Å². The maximum absolute atomic E-state index is 4.11. The molecule has 2 heterocycles. The monoisotopic (exact) mass is 141 g/mol. The van der Waals surface area contributed by atoms with Gasteiger partial charge in [-0.2, -0.15) is 0 Å². The molecule has 0 atom stereocenters. The number of fused-ring (bicyclic) bond motifs is 1. The summed E-state index contributed by atoms with van der Waals surface area (Å²) in [5.41, 5.74) is 3.01. The second-order valence-corrected chi connectivity index (χ2v) is 3.10. The quantitative estimate of drug-likeness (QED) is 0.549. The lowest BCUT2D eigenvalue weighted by molar-refractivity contribution is 1.52. The smallest absolute Gasteiger partial charge is 0.0918 e. The Bertz CT molecular complexity index is 232. The van der Waals surface area contributed by atoms with Gasteiger partial charge < -0.3 is 0 Å². The summed E-state index contributed by atoms with van der Waals surface area (Å²) in [6.07, 6.45) is 0. The molecule has 0 aromatic carbocycles. The predicted octanol–water partition coefficient (Wildman–Crippen LogP) is 2.36. The van der Waals surface area contributed by atoms with Gasteiger partial charge in [-0.3, -0.25) is 0 Å². The molecule has 0 fully saturated rings. The number of nitrogens with zero attached hydrogens (tertiary/aromatic N) is 1. The molecule has 40 valence electrons. The Morgan fingerprint density at radius 1 is 1.38 bits per heavy atom. The lowest BCUT2D eigenvalue weighted by Crippen LogP contribution is -1.49. The van der Waals surface area contributed by atoms with Crippen molar-refractivity contribution in [1.29, 1.82) is 0 Å². The predicted molar refractivity (Wildman–Crippen MR) is 37.5 cm³/mol. The van der Waals surface area contributed by atoms with E-state index in [9.17, 15) is 0 Å². The molecule has 0 radical (unpaired) electrons. The molecule has 0 unspecified atom stereocenters. The summed E-state index contributed by atoms with van der Waals surface area (Å²) in [6.45, 7) is 0. The lowest BCUT2D eigenvalue weighted by Gasteiger charge is -1.61. The molecule has 0 amide bonds. The third kappa shape index (κ3) is 0.485. The summed E-state index contributed by atoms with van der Waals surface area (Å²) in [5, 5.41) is 4.18. The molecule has 0 saturated heterocycles. The van der Waals surface area contributed by atoms with Crippen LogP contribution < -0.4 is 0 Å². The van der Waals surface area contributed by atoms with Gasteiger partial charge in [0.05, 0.1) is 15.7 Å². The van der Waals surface area contributed by atoms with E-state index in [1.54, 1.807) is 22.7 Å². The van der Waals surface area contributed by atoms with E-state index in [4.69, 9.17) is 0 Å². The molecule has 2 rings (SSSR count). The van der Waals surface area contributed by atoms with Gasteiger partial charge >= 0.3 is 0 Å². The maximum Gasteiger partial charge on any atom is 0.0918 e. The summed E-state index contributed by atoms with van der Waals surface area (Å²) in [7, 11) is 0. The molecule has 3 heteroatoms. The largest absolute Gasteiger partial charge is 0.244 e. The molecule has 0 bridgehead atoms. The van der Waals surface area contributed by atoms with Crippen LogP contribution in [0.25, 0.3) is 10.2 Å². The molecule has 8 heavy (non-hydrogen) atoms. The van der Waals surface area contributed by atoms with E-state index in [0.717, 1.165) is 5.52 Å². The number of hydrogen-bond acceptors (Lipinski definition) is 3. The Labute approximate surface area is 54.6 Å². The van der Waals surface area contributed by atoms with Crippen LogP contribution >= 0.6 is 22.7 Å². The highest BCUT2D eigenvalue weighted by Crippen LogP contribution is 2.20. The zero-order chi connectivity index (χ0) is 5.40. The van der Waals surface area contributed by atoms with Crippen molar-refractivity contribution in [1.82, 2.24) is 4.98 Å². The van der Waals surface area contributed by atoms with Crippen molar-refractivity contribution < 1.29 is 0 Å². The fourth-order valence-electron chi connectivity index (χ4n) is 0.601. The molecular weight excluding hydrogens is 138 g/mol. The van der Waals surface area contributed by atoms with Crippen LogP contribution in [0.3, 0.4) is 0 Å². The maximum atomic E-state index is 4.11. The second kappa shape index (κ2) is 1.53. The van der Waals surface area contributed by atoms with E-state index in [0.29, 0.717) is 0 Å². The molecule has 0 aliphatic carbocycles. The van der Waals surface area contributed by atoms with E-state index in [-0.39, 0.29) is 0 Å². The molecule has 2 aromatic rings. The van der Waals surface area contributed by atoms with Crippen molar-refractivity contribution >= 4 is 32.9 Å². The zero-order valence-electron chi connectivity index (χ0n) is 4.00. The van der Waals surface area contributed by atoms with Crippen LogP contribution in [0.2, 0.25) is 0 Å². The van der Waals surface area contributed by atoms with Crippen LogP contribution in [0.5, 0.6) is 0 Å². The number of hydrogen-bond donors (Lipinski definition) is 0. The van der Waals surface area contributed by atoms with E-state index in [2.05, 4.69) is 15.7 Å². The molecule has 0 aliphatic rings. The molecule has 0 spiro atoms. The van der Waals surface area contributed by atoms with E-state index in [1.807, 2.05) is 5.51 Å². The average Bonchev–Trinajstić information content (AvgIpc) is 2.15. The third-order valence-corrected chi connectivity index (χ3v) is 2.65. The summed E-state index contributed by atoms with van der Waals surface area (Å²) in [5.74, 6) is 0. The highest BCUT2D eigenvalue weighted by molar-refractivity contribution is 7.20. The van der Waals surface area contributed by atoms with Crippen molar-refractivity contribution in [2.75, 3.05) is 0 Å². The van der Waals surface area contributed by atoms with Gasteiger partial charge in [-0.05, 0) is 0 Å².